The maximum atomic E-state index is 12.3. The predicted octanol–water partition coefficient (Wildman–Crippen LogP) is -1.16. The Hall–Kier alpha value is -2.61. The average molecular weight is 427 g/mol. The number of fused-ring (bicyclic) bond motifs is 1. The molecular formula is C14H18N7O7P. The maximum absolute atomic E-state index is 12.3. The van der Waals surface area contributed by atoms with Gasteiger partial charge >= 0.3 is 7.75 Å². The van der Waals surface area contributed by atoms with Crippen LogP contribution in [0.15, 0.2) is 29.8 Å². The number of hydrogen-bond acceptors (Lipinski definition) is 10. The first kappa shape index (κ1) is 19.7. The second kappa shape index (κ2) is 7.33. The lowest BCUT2D eigenvalue weighted by atomic mass is 10.1. The van der Waals surface area contributed by atoms with Crippen molar-refractivity contribution in [2.24, 2.45) is 0 Å². The minimum absolute atomic E-state index is 0.0341. The van der Waals surface area contributed by atoms with Gasteiger partial charge in [0.1, 0.15) is 24.6 Å². The molecule has 3 aromatic heterocycles. The van der Waals surface area contributed by atoms with Crippen LogP contribution in [-0.2, 0) is 18.6 Å². The number of H-pyrrole nitrogens is 1. The van der Waals surface area contributed by atoms with E-state index in [1.165, 1.54) is 30.4 Å². The summed E-state index contributed by atoms with van der Waals surface area (Å²) in [6, 6.07) is 0. The van der Waals surface area contributed by atoms with Gasteiger partial charge in [-0.25, -0.2) is 18.9 Å². The van der Waals surface area contributed by atoms with Gasteiger partial charge in [-0.05, 0) is 0 Å². The Kier molecular flexibility index (Phi) is 4.98. The van der Waals surface area contributed by atoms with Crippen molar-refractivity contribution in [1.29, 1.82) is 0 Å². The van der Waals surface area contributed by atoms with Crippen LogP contribution in [0.1, 0.15) is 6.23 Å². The van der Waals surface area contributed by atoms with Crippen molar-refractivity contribution in [2.45, 2.75) is 24.5 Å². The van der Waals surface area contributed by atoms with Crippen LogP contribution in [0.5, 0.6) is 0 Å². The van der Waals surface area contributed by atoms with Gasteiger partial charge in [-0.1, -0.05) is 0 Å². The van der Waals surface area contributed by atoms with Gasteiger partial charge in [-0.2, -0.15) is 4.98 Å². The molecule has 156 valence electrons. The quantitative estimate of drug-likeness (QED) is 0.347. The first-order valence-electron chi connectivity index (χ1n) is 8.36. The van der Waals surface area contributed by atoms with Crippen molar-refractivity contribution in [3.05, 3.63) is 35.4 Å². The number of aliphatic hydroxyl groups excluding tert-OH is 1. The SMILES string of the molecule is CO[C@@H]1[C@H](O)[C@@H](COP(=O)(O)n2ccnc2)O[C@H]1n1cnc2c(=O)[nH]c(N)nc21. The first-order valence-corrected chi connectivity index (χ1v) is 9.89. The Morgan fingerprint density at radius 1 is 1.45 bits per heavy atom. The number of rotatable bonds is 6. The summed E-state index contributed by atoms with van der Waals surface area (Å²) in [5.41, 5.74) is 5.24. The molecule has 5 N–H and O–H groups in total. The van der Waals surface area contributed by atoms with E-state index < -0.39 is 44.5 Å². The van der Waals surface area contributed by atoms with E-state index in [1.807, 2.05) is 0 Å². The number of nitrogens with one attached hydrogen (secondary N) is 1. The predicted molar refractivity (Wildman–Crippen MR) is 96.7 cm³/mol. The highest BCUT2D eigenvalue weighted by atomic mass is 31.2. The molecule has 0 bridgehead atoms. The second-order valence-electron chi connectivity index (χ2n) is 6.26. The third-order valence-electron chi connectivity index (χ3n) is 4.50. The summed E-state index contributed by atoms with van der Waals surface area (Å²) in [5, 5.41) is 10.6. The summed E-state index contributed by atoms with van der Waals surface area (Å²) in [6.07, 6.45) is 1.01. The fraction of sp³-hybridized carbons (Fsp3) is 0.429. The lowest BCUT2D eigenvalue weighted by molar-refractivity contribution is -0.0567. The van der Waals surface area contributed by atoms with Gasteiger partial charge < -0.3 is 25.2 Å². The van der Waals surface area contributed by atoms with E-state index >= 15 is 0 Å². The summed E-state index contributed by atoms with van der Waals surface area (Å²) in [5.74, 6) is -0.113. The molecule has 4 rings (SSSR count). The Balaban J connectivity index is 1.58. The molecular weight excluding hydrogens is 409 g/mol. The largest absolute Gasteiger partial charge is 0.437 e. The number of nitrogen functional groups attached to an aromatic ring is 1. The number of imidazole rings is 2. The number of aromatic amines is 1. The van der Waals surface area contributed by atoms with Crippen molar-refractivity contribution in [2.75, 3.05) is 19.5 Å². The van der Waals surface area contributed by atoms with Gasteiger partial charge in [-0.15, -0.1) is 0 Å². The van der Waals surface area contributed by atoms with Gasteiger partial charge in [0.2, 0.25) is 5.95 Å². The molecule has 15 heteroatoms. The number of anilines is 1. The van der Waals surface area contributed by atoms with Crippen LogP contribution in [-0.4, -0.2) is 70.9 Å². The molecule has 5 atom stereocenters. The standard InChI is InChI=1S/C14H18N7O7P/c1-26-10-9(22)7(4-27-29(24,25)20-3-2-16-5-20)28-13(10)21-6-17-8-11(21)18-14(15)19-12(8)23/h2-3,5-7,9-10,13,22H,4H2,1H3,(H,24,25)(H3,15,18,19,23)/t7-,9-,10-,13-/m1/s1. The third kappa shape index (κ3) is 3.46. The lowest BCUT2D eigenvalue weighted by Gasteiger charge is -2.19. The molecule has 0 spiro atoms. The van der Waals surface area contributed by atoms with Gasteiger partial charge in [0, 0.05) is 19.5 Å². The van der Waals surface area contributed by atoms with Crippen molar-refractivity contribution in [1.82, 2.24) is 28.8 Å². The van der Waals surface area contributed by atoms with Crippen LogP contribution < -0.4 is 11.3 Å². The molecule has 3 aromatic rings. The van der Waals surface area contributed by atoms with Gasteiger partial charge in [-0.3, -0.25) is 18.9 Å². The molecule has 0 saturated carbocycles. The molecule has 1 aliphatic heterocycles. The summed E-state index contributed by atoms with van der Waals surface area (Å²) in [4.78, 5) is 36.1. The maximum Gasteiger partial charge on any atom is 0.437 e. The first-order chi connectivity index (χ1) is 13.8. The molecule has 0 aromatic carbocycles. The van der Waals surface area contributed by atoms with Crippen molar-refractivity contribution < 1.29 is 28.6 Å². The van der Waals surface area contributed by atoms with Crippen LogP contribution in [0.25, 0.3) is 11.2 Å². The average Bonchev–Trinajstić information content (AvgIpc) is 3.39. The van der Waals surface area contributed by atoms with Crippen molar-refractivity contribution >= 4 is 24.9 Å². The van der Waals surface area contributed by atoms with Crippen LogP contribution in [0.4, 0.5) is 5.95 Å². The van der Waals surface area contributed by atoms with Gasteiger partial charge in [0.15, 0.2) is 17.4 Å². The lowest BCUT2D eigenvalue weighted by Crippen LogP contribution is -2.35. The Labute approximate surface area is 162 Å². The van der Waals surface area contributed by atoms with Gasteiger partial charge in [0.25, 0.3) is 5.56 Å². The highest BCUT2D eigenvalue weighted by Crippen LogP contribution is 2.44. The monoisotopic (exact) mass is 427 g/mol. The van der Waals surface area contributed by atoms with Crippen molar-refractivity contribution in [3.63, 3.8) is 0 Å². The highest BCUT2D eigenvalue weighted by Gasteiger charge is 2.46. The molecule has 0 amide bonds. The zero-order valence-electron chi connectivity index (χ0n) is 15.0. The van der Waals surface area contributed by atoms with Crippen LogP contribution in [0, 0.1) is 0 Å². The molecule has 1 fully saturated rings. The fourth-order valence-corrected chi connectivity index (χ4v) is 4.00. The minimum Gasteiger partial charge on any atom is -0.387 e. The zero-order chi connectivity index (χ0) is 20.8. The topological polar surface area (TPSA) is 193 Å². The van der Waals surface area contributed by atoms with Gasteiger partial charge in [0.05, 0.1) is 12.9 Å². The van der Waals surface area contributed by atoms with E-state index in [-0.39, 0.29) is 17.1 Å². The number of nitrogens with two attached hydrogens (primary N) is 1. The number of hydrogen-bond donors (Lipinski definition) is 4. The minimum atomic E-state index is -4.21. The van der Waals surface area contributed by atoms with E-state index in [2.05, 4.69) is 19.9 Å². The molecule has 0 aliphatic carbocycles. The summed E-state index contributed by atoms with van der Waals surface area (Å²) in [7, 11) is -2.84. The molecule has 14 nitrogen and oxygen atoms in total. The smallest absolute Gasteiger partial charge is 0.387 e. The second-order valence-corrected chi connectivity index (χ2v) is 7.96. The molecule has 4 heterocycles. The normalized spacial score (nSPS) is 26.7. The molecule has 0 radical (unpaired) electrons. The zero-order valence-corrected chi connectivity index (χ0v) is 15.9. The molecule has 1 saturated heterocycles. The van der Waals surface area contributed by atoms with E-state index in [0.717, 1.165) is 10.7 Å². The van der Waals surface area contributed by atoms with E-state index in [9.17, 15) is 19.4 Å². The number of aliphatic hydroxyl groups is 1. The summed E-state index contributed by atoms with van der Waals surface area (Å²) >= 11 is 0. The molecule has 1 unspecified atom stereocenters. The van der Waals surface area contributed by atoms with E-state index in [0.29, 0.717) is 0 Å². The summed E-state index contributed by atoms with van der Waals surface area (Å²) in [6.45, 7) is -0.410. The number of methoxy groups -OCH3 is 1. The number of aromatic nitrogens is 6. The molecule has 29 heavy (non-hydrogen) atoms. The van der Waals surface area contributed by atoms with E-state index in [1.54, 1.807) is 0 Å². The number of ether oxygens (including phenoxy) is 2. The number of nitrogens with zero attached hydrogens (tertiary/aromatic N) is 5. The van der Waals surface area contributed by atoms with Crippen LogP contribution in [0.2, 0.25) is 0 Å². The fourth-order valence-electron chi connectivity index (χ4n) is 3.10. The summed E-state index contributed by atoms with van der Waals surface area (Å²) < 4.78 is 30.8. The Morgan fingerprint density at radius 2 is 2.24 bits per heavy atom. The Bertz CT molecular complexity index is 1110. The van der Waals surface area contributed by atoms with Crippen molar-refractivity contribution in [3.8, 4) is 0 Å². The third-order valence-corrected chi connectivity index (χ3v) is 5.80. The van der Waals surface area contributed by atoms with Crippen LogP contribution >= 0.6 is 7.75 Å². The Morgan fingerprint density at radius 3 is 2.93 bits per heavy atom. The van der Waals surface area contributed by atoms with E-state index in [4.69, 9.17) is 19.7 Å². The molecule has 1 aliphatic rings. The highest BCUT2D eigenvalue weighted by molar-refractivity contribution is 7.51. The van der Waals surface area contributed by atoms with Crippen LogP contribution in [0.3, 0.4) is 0 Å².